The number of benzene rings is 1. The first-order valence-corrected chi connectivity index (χ1v) is 7.23. The van der Waals surface area contributed by atoms with Crippen LogP contribution in [0.25, 0.3) is 0 Å². The number of alkyl halides is 1. The van der Waals surface area contributed by atoms with E-state index >= 15 is 0 Å². The molecule has 0 aromatic heterocycles. The van der Waals surface area contributed by atoms with Crippen molar-refractivity contribution >= 4 is 27.8 Å². The minimum Gasteiger partial charge on any atom is -0.494 e. The van der Waals surface area contributed by atoms with Gasteiger partial charge in [-0.1, -0.05) is 28.9 Å². The standard InChI is InChI=1S/C14H18BrNO4/c1-3-7-20-11-6-4-5-10(8-11)13(17)16-9-12(15)14(18)19-2/h4-6,8,12H,3,7,9H2,1-2H3,(H,16,17). The number of amides is 1. The molecule has 0 aliphatic rings. The third-order valence-electron chi connectivity index (χ3n) is 2.47. The van der Waals surface area contributed by atoms with Crippen LogP contribution in [0.15, 0.2) is 24.3 Å². The number of hydrogen-bond donors (Lipinski definition) is 1. The molecule has 1 amide bonds. The van der Waals surface area contributed by atoms with Crippen LogP contribution in [0.1, 0.15) is 23.7 Å². The van der Waals surface area contributed by atoms with Crippen molar-refractivity contribution in [2.45, 2.75) is 18.2 Å². The Morgan fingerprint density at radius 3 is 2.80 bits per heavy atom. The van der Waals surface area contributed by atoms with Gasteiger partial charge in [0.15, 0.2) is 0 Å². The molecule has 6 heteroatoms. The molecule has 1 aromatic rings. The van der Waals surface area contributed by atoms with Crippen LogP contribution in [-0.2, 0) is 9.53 Å². The first-order chi connectivity index (χ1) is 9.58. The number of esters is 1. The maximum Gasteiger partial charge on any atom is 0.321 e. The Hall–Kier alpha value is -1.56. The van der Waals surface area contributed by atoms with E-state index in [4.69, 9.17) is 4.74 Å². The van der Waals surface area contributed by atoms with Gasteiger partial charge in [-0.3, -0.25) is 9.59 Å². The Morgan fingerprint density at radius 2 is 2.15 bits per heavy atom. The van der Waals surface area contributed by atoms with Gasteiger partial charge in [0.25, 0.3) is 5.91 Å². The SMILES string of the molecule is CCCOc1cccc(C(=O)NCC(Br)C(=O)OC)c1. The smallest absolute Gasteiger partial charge is 0.321 e. The van der Waals surface area contributed by atoms with Gasteiger partial charge in [0.05, 0.1) is 13.7 Å². The van der Waals surface area contributed by atoms with E-state index in [1.807, 2.05) is 6.92 Å². The molecule has 5 nitrogen and oxygen atoms in total. The third kappa shape index (κ3) is 5.21. The zero-order valence-electron chi connectivity index (χ0n) is 11.5. The van der Waals surface area contributed by atoms with E-state index in [1.165, 1.54) is 7.11 Å². The molecule has 0 aliphatic heterocycles. The first-order valence-electron chi connectivity index (χ1n) is 6.31. The zero-order valence-corrected chi connectivity index (χ0v) is 13.1. The lowest BCUT2D eigenvalue weighted by Gasteiger charge is -2.10. The number of halogens is 1. The van der Waals surface area contributed by atoms with Gasteiger partial charge >= 0.3 is 5.97 Å². The van der Waals surface area contributed by atoms with Gasteiger partial charge in [-0.15, -0.1) is 0 Å². The number of ether oxygens (including phenoxy) is 2. The van der Waals surface area contributed by atoms with Crippen molar-refractivity contribution in [2.24, 2.45) is 0 Å². The number of carbonyl (C=O) groups excluding carboxylic acids is 2. The van der Waals surface area contributed by atoms with E-state index in [0.29, 0.717) is 17.9 Å². The molecule has 110 valence electrons. The molecule has 0 heterocycles. The largest absolute Gasteiger partial charge is 0.494 e. The van der Waals surface area contributed by atoms with Crippen molar-refractivity contribution in [2.75, 3.05) is 20.3 Å². The van der Waals surface area contributed by atoms with Gasteiger partial charge in [-0.05, 0) is 24.6 Å². The van der Waals surface area contributed by atoms with Crippen LogP contribution < -0.4 is 10.1 Å². The molecule has 0 spiro atoms. The number of hydrogen-bond acceptors (Lipinski definition) is 4. The maximum absolute atomic E-state index is 11.9. The summed E-state index contributed by atoms with van der Waals surface area (Å²) in [4.78, 5) is 22.6. The van der Waals surface area contributed by atoms with Gasteiger partial charge in [0.2, 0.25) is 0 Å². The summed E-state index contributed by atoms with van der Waals surface area (Å²) < 4.78 is 10.0. The van der Waals surface area contributed by atoms with E-state index in [-0.39, 0.29) is 12.5 Å². The summed E-state index contributed by atoms with van der Waals surface area (Å²) in [6.45, 7) is 2.78. The van der Waals surface area contributed by atoms with Crippen molar-refractivity contribution in [1.82, 2.24) is 5.32 Å². The molecule has 0 bridgehead atoms. The monoisotopic (exact) mass is 343 g/mol. The summed E-state index contributed by atoms with van der Waals surface area (Å²) in [5.41, 5.74) is 0.489. The summed E-state index contributed by atoms with van der Waals surface area (Å²) in [5.74, 6) is -0.0338. The Bertz CT molecular complexity index is 464. The lowest BCUT2D eigenvalue weighted by molar-refractivity contribution is -0.139. The highest BCUT2D eigenvalue weighted by atomic mass is 79.9. The predicted octanol–water partition coefficient (Wildman–Crippen LogP) is 2.14. The first kappa shape index (κ1) is 16.5. The molecule has 1 N–H and O–H groups in total. The van der Waals surface area contributed by atoms with Crippen LogP contribution in [-0.4, -0.2) is 37.0 Å². The molecule has 0 radical (unpaired) electrons. The Balaban J connectivity index is 2.56. The molecule has 0 aliphatic carbocycles. The van der Waals surface area contributed by atoms with Crippen LogP contribution >= 0.6 is 15.9 Å². The average Bonchev–Trinajstić information content (AvgIpc) is 2.49. The summed E-state index contributed by atoms with van der Waals surface area (Å²) in [7, 11) is 1.30. The number of methoxy groups -OCH3 is 1. The van der Waals surface area contributed by atoms with E-state index in [9.17, 15) is 9.59 Å². The second kappa shape index (κ2) is 8.58. The van der Waals surface area contributed by atoms with Crippen LogP contribution in [0.3, 0.4) is 0 Å². The average molecular weight is 344 g/mol. The van der Waals surface area contributed by atoms with Gasteiger partial charge < -0.3 is 14.8 Å². The Labute approximate surface area is 126 Å². The molecule has 1 aromatic carbocycles. The molecule has 0 saturated heterocycles. The molecule has 1 atom stereocenters. The quantitative estimate of drug-likeness (QED) is 0.608. The van der Waals surface area contributed by atoms with Crippen LogP contribution in [0, 0.1) is 0 Å². The topological polar surface area (TPSA) is 64.6 Å². The fourth-order valence-electron chi connectivity index (χ4n) is 1.44. The van der Waals surface area contributed by atoms with E-state index in [1.54, 1.807) is 24.3 Å². The molecular weight excluding hydrogens is 326 g/mol. The maximum atomic E-state index is 11.9. The highest BCUT2D eigenvalue weighted by molar-refractivity contribution is 9.10. The van der Waals surface area contributed by atoms with Gasteiger partial charge in [-0.25, -0.2) is 0 Å². The van der Waals surface area contributed by atoms with Crippen molar-refractivity contribution in [1.29, 1.82) is 0 Å². The summed E-state index contributed by atoms with van der Waals surface area (Å²) >= 11 is 3.14. The predicted molar refractivity (Wildman–Crippen MR) is 79.3 cm³/mol. The fraction of sp³-hybridized carbons (Fsp3) is 0.429. The lowest BCUT2D eigenvalue weighted by Crippen LogP contribution is -2.33. The summed E-state index contributed by atoms with van der Waals surface area (Å²) in [6.07, 6.45) is 0.904. The highest BCUT2D eigenvalue weighted by Gasteiger charge is 2.16. The Morgan fingerprint density at radius 1 is 1.40 bits per heavy atom. The van der Waals surface area contributed by atoms with E-state index in [0.717, 1.165) is 6.42 Å². The molecule has 1 unspecified atom stereocenters. The highest BCUT2D eigenvalue weighted by Crippen LogP contribution is 2.13. The van der Waals surface area contributed by atoms with Crippen LogP contribution in [0.4, 0.5) is 0 Å². The second-order valence-corrected chi connectivity index (χ2v) is 5.18. The minimum absolute atomic E-state index is 0.158. The lowest BCUT2D eigenvalue weighted by atomic mass is 10.2. The second-order valence-electron chi connectivity index (χ2n) is 4.08. The van der Waals surface area contributed by atoms with E-state index < -0.39 is 10.8 Å². The van der Waals surface area contributed by atoms with Crippen LogP contribution in [0.5, 0.6) is 5.75 Å². The van der Waals surface area contributed by atoms with Crippen molar-refractivity contribution in [3.05, 3.63) is 29.8 Å². The number of rotatable bonds is 7. The van der Waals surface area contributed by atoms with Crippen molar-refractivity contribution in [3.63, 3.8) is 0 Å². The number of nitrogens with one attached hydrogen (secondary N) is 1. The Kier molecular flexibility index (Phi) is 7.08. The summed E-state index contributed by atoms with van der Waals surface area (Å²) in [5, 5.41) is 2.66. The summed E-state index contributed by atoms with van der Waals surface area (Å²) in [6, 6.07) is 6.92. The molecule has 20 heavy (non-hydrogen) atoms. The molecule has 1 rings (SSSR count). The van der Waals surface area contributed by atoms with Gasteiger partial charge in [-0.2, -0.15) is 0 Å². The number of carbonyl (C=O) groups is 2. The van der Waals surface area contributed by atoms with E-state index in [2.05, 4.69) is 26.0 Å². The van der Waals surface area contributed by atoms with Crippen molar-refractivity contribution < 1.29 is 19.1 Å². The molecule has 0 saturated carbocycles. The van der Waals surface area contributed by atoms with Gasteiger partial charge in [0, 0.05) is 12.1 Å². The minimum atomic E-state index is -0.559. The van der Waals surface area contributed by atoms with Crippen LogP contribution in [0.2, 0.25) is 0 Å². The zero-order chi connectivity index (χ0) is 15.0. The molecular formula is C14H18BrNO4. The van der Waals surface area contributed by atoms with Crippen molar-refractivity contribution in [3.8, 4) is 5.75 Å². The molecule has 0 fully saturated rings. The van der Waals surface area contributed by atoms with Gasteiger partial charge in [0.1, 0.15) is 10.6 Å². The fourth-order valence-corrected chi connectivity index (χ4v) is 1.79. The third-order valence-corrected chi connectivity index (χ3v) is 3.17. The normalized spacial score (nSPS) is 11.6.